The van der Waals surface area contributed by atoms with Gasteiger partial charge in [-0.05, 0) is 379 Å². The molecule has 0 bridgehead atoms. The monoisotopic (exact) mass is 2030 g/mol. The van der Waals surface area contributed by atoms with Crippen LogP contribution in [0, 0.1) is 82.9 Å². The van der Waals surface area contributed by atoms with Crippen LogP contribution in [0.15, 0.2) is 72.8 Å². The van der Waals surface area contributed by atoms with Crippen LogP contribution in [0.4, 0.5) is 0 Å². The molecule has 8 fully saturated rings. The zero-order valence-electron chi connectivity index (χ0n) is 89.5. The highest BCUT2D eigenvalue weighted by Gasteiger charge is 2.51. The number of ether oxygens (including phenoxy) is 13. The van der Waals surface area contributed by atoms with Gasteiger partial charge in [-0.2, -0.15) is 0 Å². The highest BCUT2D eigenvalue weighted by atomic mass is 16.6. The number of likely N-dealkylation sites (N-methyl/N-ethyl adjacent to an activating group) is 2. The molecule has 4 aromatic rings. The summed E-state index contributed by atoms with van der Waals surface area (Å²) in [5.74, 6) is 5.35. The van der Waals surface area contributed by atoms with Crippen molar-refractivity contribution in [1.82, 2.24) is 9.80 Å². The number of fused-ring (bicyclic) bond motifs is 8. The molecule has 0 amide bonds. The van der Waals surface area contributed by atoms with Crippen LogP contribution in [0.5, 0.6) is 23.0 Å². The molecule has 27 nitrogen and oxygen atoms in total. The smallest absolute Gasteiger partial charge is 0.343 e. The van der Waals surface area contributed by atoms with E-state index in [2.05, 4.69) is 61.8 Å². The number of piperidine rings is 1. The average Bonchev–Trinajstić information content (AvgIpc) is 1.66. The van der Waals surface area contributed by atoms with E-state index < -0.39 is 24.0 Å². The predicted octanol–water partition coefficient (Wildman–Crippen LogP) is 18.3. The average molecular weight is 2030 g/mol. The summed E-state index contributed by atoms with van der Waals surface area (Å²) < 4.78 is 71.8. The number of hydrogen-bond donors (Lipinski definition) is 4. The molecule has 12 aliphatic rings. The number of carbonyl (C=O) groups excluding carboxylic acids is 8. The van der Waals surface area contributed by atoms with Crippen molar-refractivity contribution in [2.24, 2.45) is 82.9 Å². The van der Waals surface area contributed by atoms with Crippen molar-refractivity contribution in [3.8, 4) is 23.0 Å². The molecule has 0 spiro atoms. The first-order valence-electron chi connectivity index (χ1n) is 56.6. The van der Waals surface area contributed by atoms with E-state index >= 15 is 0 Å². The standard InChI is InChI=1S/C31H47NO6.C30H45NO7.C30H44O6.C28H40O6/c1-4-5-6-11-23(38-31(35)27-12-7-8-16-32(27)2)14-15-24-25-17-21-10-9-13-29(37-20-30(34)36-3)26(21)18-22(25)19-28(24)33;1-4-5-6-9-22(38-30(34)28-18-31(2)13-14-36-28)11-12-23-24-15-20-8-7-10-27(37-19-29(33)35-3)25(20)16-21(24)17-26(23)32;1-3-4-5-12-23(36-30(33)20-9-6-7-10-20)14-15-24-25-16-21-11-8-13-28(35-19-29(32)34-2)26(21)17-22(25)18-27(24)31;1-3-4-5-8-21(34-28(31)18-10-11-18)12-13-22-23-14-19-7-6-9-26(33-17-27(30)32-2)24(19)15-20(23)16-25(22)29/h9-10,13,22-25,27-28,33H,4-8,11-12,14-20H2,1-3H3;7-8,10,21-24,26,28,32H,4-6,9,11-19H2,1-3H3;8,11,13,20,22-25,27,31H,3-7,9-10,12,14-19H2,1-2H3;6-7,9,18,20-23,25,29H,3-5,8,10-17H2,1-2H3/t22-,23-,24+,25-,27?,28+;21-,22-,23+,24-,26+,28+;22-,23-,24+,25-,27+;20-,21-,22+,23-,25+/m0000/s1. The van der Waals surface area contributed by atoms with Gasteiger partial charge >= 0.3 is 47.8 Å². The molecule has 27 heteroatoms. The van der Waals surface area contributed by atoms with Gasteiger partial charge in [0, 0.05) is 13.1 Å². The first kappa shape index (κ1) is 115. The predicted molar refractivity (Wildman–Crippen MR) is 555 cm³/mol. The SMILES string of the molecule is CCCCC[C@@H](CC[C@@H]1[C@H]2Cc3cccc(OCC(=O)OC)c3C[C@H]2C[C@H]1O)OC(=O)C1CC1.CCCCC[C@@H](CC[C@@H]1[C@H]2Cc3cccc(OCC(=O)OC)c3C[C@H]2C[C@H]1O)OC(=O)C1CCCC1.CCCCC[C@@H](CC[C@@H]1[C@H]2Cc3cccc(OCC(=O)OC)c3C[C@H]2C[C@H]1O)OC(=O)C1CCCCN1C.CCCCC[C@@H](CC[C@@H]1[C@H]2Cc3cccc(OCC(=O)OC)c3C[C@H]2C[C@H]1O)OC(=O)[C@H]1CN(C)CCO1. The topological polar surface area (TPSA) is 344 Å². The molecule has 2 saturated heterocycles. The summed E-state index contributed by atoms with van der Waals surface area (Å²) in [6, 6.07) is 24.0. The summed E-state index contributed by atoms with van der Waals surface area (Å²) >= 11 is 0. The second kappa shape index (κ2) is 58.3. The molecule has 1 unspecified atom stereocenters. The number of likely N-dealkylation sites (tertiary alicyclic amines) is 1. The van der Waals surface area contributed by atoms with Crippen LogP contribution in [0.25, 0.3) is 0 Å². The Kier molecular flexibility index (Phi) is 45.8. The van der Waals surface area contributed by atoms with Crippen LogP contribution in [0.2, 0.25) is 0 Å². The summed E-state index contributed by atoms with van der Waals surface area (Å²) in [5, 5.41) is 44.2. The van der Waals surface area contributed by atoms with E-state index in [4.69, 9.17) is 61.6 Å². The van der Waals surface area contributed by atoms with Crippen molar-refractivity contribution >= 4 is 47.8 Å². The van der Waals surface area contributed by atoms with E-state index in [1.807, 2.05) is 62.6 Å². The molecule has 22 atom stereocenters. The molecule has 2 aliphatic heterocycles. The zero-order valence-corrected chi connectivity index (χ0v) is 89.5. The molecule has 4 aromatic carbocycles. The van der Waals surface area contributed by atoms with Gasteiger partial charge in [0.25, 0.3) is 0 Å². The first-order chi connectivity index (χ1) is 70.8. The normalized spacial score (nSPS) is 27.0. The Balaban J connectivity index is 0.000000163. The maximum Gasteiger partial charge on any atom is 0.343 e. The van der Waals surface area contributed by atoms with E-state index in [1.165, 1.54) is 56.3 Å². The molecule has 812 valence electrons. The van der Waals surface area contributed by atoms with Gasteiger partial charge in [-0.3, -0.25) is 19.3 Å². The third kappa shape index (κ3) is 32.6. The number of aliphatic hydroxyl groups is 4. The van der Waals surface area contributed by atoms with Crippen molar-refractivity contribution in [3.63, 3.8) is 0 Å². The van der Waals surface area contributed by atoms with E-state index in [1.54, 1.807) is 0 Å². The molecule has 4 N–H and O–H groups in total. The fourth-order valence-corrected chi connectivity index (χ4v) is 26.4. The molecular weight excluding hydrogens is 1860 g/mol. The molecule has 0 radical (unpaired) electrons. The summed E-state index contributed by atoms with van der Waals surface area (Å²) in [4.78, 5) is 102. The Hall–Kier alpha value is -8.44. The third-order valence-corrected chi connectivity index (χ3v) is 34.8. The third-order valence-electron chi connectivity index (χ3n) is 34.8. The number of unbranched alkanes of at least 4 members (excludes halogenated alkanes) is 8. The van der Waals surface area contributed by atoms with Gasteiger partial charge < -0.3 is 86.9 Å². The quantitative estimate of drug-likeness (QED) is 0.0181. The lowest BCUT2D eigenvalue weighted by Crippen LogP contribution is -2.45. The van der Waals surface area contributed by atoms with Crippen molar-refractivity contribution < 1.29 is 120 Å². The Morgan fingerprint density at radius 3 is 0.932 bits per heavy atom. The number of esters is 8. The molecular formula is C119H176N2O25. The molecule has 10 aliphatic carbocycles. The van der Waals surface area contributed by atoms with Gasteiger partial charge in [-0.25, -0.2) is 24.0 Å². The molecule has 6 saturated carbocycles. The van der Waals surface area contributed by atoms with E-state index in [9.17, 15) is 58.8 Å². The number of methoxy groups -OCH3 is 4. The fraction of sp³-hybridized carbons (Fsp3) is 0.731. The lowest BCUT2D eigenvalue weighted by Gasteiger charge is -2.34. The second-order valence-corrected chi connectivity index (χ2v) is 44.6. The highest BCUT2D eigenvalue weighted by molar-refractivity contribution is 5.77. The maximum atomic E-state index is 13.1. The fourth-order valence-electron chi connectivity index (χ4n) is 26.4. The van der Waals surface area contributed by atoms with Crippen molar-refractivity contribution in [2.45, 2.75) is 378 Å². The largest absolute Gasteiger partial charge is 0.482 e. The molecule has 2 heterocycles. The summed E-state index contributed by atoms with van der Waals surface area (Å²) in [6.45, 7) is 11.3. The molecule has 146 heavy (non-hydrogen) atoms. The van der Waals surface area contributed by atoms with Crippen molar-refractivity contribution in [1.29, 1.82) is 0 Å². The lowest BCUT2D eigenvalue weighted by molar-refractivity contribution is -0.168. The van der Waals surface area contributed by atoms with Gasteiger partial charge in [0.2, 0.25) is 0 Å². The summed E-state index contributed by atoms with van der Waals surface area (Å²) in [6.07, 6.45) is 41.0. The Bertz CT molecular complexity index is 4760. The number of morpholine rings is 1. The van der Waals surface area contributed by atoms with Crippen LogP contribution in [-0.2, 0) is 132 Å². The second-order valence-electron chi connectivity index (χ2n) is 44.6. The van der Waals surface area contributed by atoms with Gasteiger partial charge in [-0.1, -0.05) is 147 Å². The van der Waals surface area contributed by atoms with Crippen LogP contribution < -0.4 is 18.9 Å². The highest BCUT2D eigenvalue weighted by Crippen LogP contribution is 2.54. The van der Waals surface area contributed by atoms with E-state index in [0.29, 0.717) is 60.5 Å². The zero-order chi connectivity index (χ0) is 104. The van der Waals surface area contributed by atoms with Crippen LogP contribution in [-0.4, -0.2) is 234 Å². The maximum absolute atomic E-state index is 13.1. The van der Waals surface area contributed by atoms with Crippen LogP contribution in [0.3, 0.4) is 0 Å². The number of rotatable bonds is 48. The summed E-state index contributed by atoms with van der Waals surface area (Å²) in [5.41, 5.74) is 9.63. The van der Waals surface area contributed by atoms with Gasteiger partial charge in [0.1, 0.15) is 53.5 Å². The van der Waals surface area contributed by atoms with Crippen LogP contribution in [0.1, 0.15) is 310 Å². The van der Waals surface area contributed by atoms with Crippen molar-refractivity contribution in [2.75, 3.05) is 95.2 Å². The Labute approximate surface area is 869 Å². The number of benzene rings is 4. The molecule has 0 aromatic heterocycles. The number of aliphatic hydroxyl groups excluding tert-OH is 4. The minimum absolute atomic E-state index is 0.00456. The number of carbonyl (C=O) groups is 8. The molecule has 16 rings (SSSR count). The minimum Gasteiger partial charge on any atom is -0.482 e. The van der Waals surface area contributed by atoms with Gasteiger partial charge in [-0.15, -0.1) is 0 Å². The van der Waals surface area contributed by atoms with Crippen LogP contribution >= 0.6 is 0 Å². The lowest BCUT2D eigenvalue weighted by atomic mass is 9.73. The van der Waals surface area contributed by atoms with Gasteiger partial charge in [0.05, 0.1) is 71.3 Å². The minimum atomic E-state index is -0.519. The Morgan fingerprint density at radius 2 is 0.644 bits per heavy atom. The number of hydrogen-bond acceptors (Lipinski definition) is 27. The number of nitrogens with zero attached hydrogens (tertiary/aromatic N) is 2. The van der Waals surface area contributed by atoms with E-state index in [0.717, 1.165) is 342 Å². The Morgan fingerprint density at radius 1 is 0.349 bits per heavy atom. The summed E-state index contributed by atoms with van der Waals surface area (Å²) in [7, 11) is 9.46. The van der Waals surface area contributed by atoms with Gasteiger partial charge in [0.15, 0.2) is 32.5 Å². The van der Waals surface area contributed by atoms with E-state index in [-0.39, 0.29) is 147 Å². The first-order valence-corrected chi connectivity index (χ1v) is 56.6. The van der Waals surface area contributed by atoms with Crippen molar-refractivity contribution in [3.05, 3.63) is 117 Å².